The largest absolute Gasteiger partial charge is 0.354 e. The van der Waals surface area contributed by atoms with Gasteiger partial charge in [0, 0.05) is 6.54 Å². The quantitative estimate of drug-likeness (QED) is 0.327. The van der Waals surface area contributed by atoms with E-state index in [1.165, 1.54) is 10.6 Å². The summed E-state index contributed by atoms with van der Waals surface area (Å²) in [5.41, 5.74) is -0.00883. The Balaban J connectivity index is 2.11. The van der Waals surface area contributed by atoms with Gasteiger partial charge >= 0.3 is 0 Å². The molecule has 0 atom stereocenters. The van der Waals surface area contributed by atoms with Gasteiger partial charge < -0.3 is 10.3 Å². The molecule has 4 rings (SSSR count). The minimum absolute atomic E-state index is 0.0406. The van der Waals surface area contributed by atoms with E-state index in [0.717, 1.165) is 12.8 Å². The molecule has 0 spiro atoms. The lowest BCUT2D eigenvalue weighted by atomic mass is 10.2. The van der Waals surface area contributed by atoms with Gasteiger partial charge in [-0.3, -0.25) is 14.0 Å². The summed E-state index contributed by atoms with van der Waals surface area (Å²) in [4.78, 5) is 37.4. The molecule has 0 amide bonds. The molecule has 0 fully saturated rings. The van der Waals surface area contributed by atoms with Gasteiger partial charge in [-0.1, -0.05) is 25.5 Å². The van der Waals surface area contributed by atoms with Gasteiger partial charge in [0.05, 0.1) is 22.6 Å². The zero-order valence-electron chi connectivity index (χ0n) is 14.6. The number of hydrogen-bond acceptors (Lipinski definition) is 6. The average molecular weight is 360 g/mol. The summed E-state index contributed by atoms with van der Waals surface area (Å²) in [7, 11) is 0. The van der Waals surface area contributed by atoms with Crippen molar-refractivity contribution in [3.05, 3.63) is 56.6 Å². The fraction of sp³-hybridized carbons (Fsp3) is 0.211. The number of H-pyrrole nitrogens is 1. The van der Waals surface area contributed by atoms with E-state index in [0.29, 0.717) is 23.4 Å². The standard InChI is InChI=1S/C19H16N6O2/c1-2-3-8-21-19-22-10-14-15(24-19)16(26)12(9-20)17-23-13-7-5-4-6-11(13)18(27)25(14)17/h4-7,10,23H,2-3,8H2,1H3,(H,21,22,24). The van der Waals surface area contributed by atoms with Gasteiger partial charge in [-0.2, -0.15) is 5.26 Å². The van der Waals surface area contributed by atoms with Gasteiger partial charge in [0.2, 0.25) is 11.4 Å². The average Bonchev–Trinajstić information content (AvgIpc) is 2.69. The molecule has 8 heteroatoms. The molecule has 134 valence electrons. The Bertz CT molecular complexity index is 1350. The minimum Gasteiger partial charge on any atom is -0.354 e. The maximum atomic E-state index is 13.0. The van der Waals surface area contributed by atoms with Crippen LogP contribution in [-0.2, 0) is 0 Å². The molecule has 0 saturated carbocycles. The summed E-state index contributed by atoms with van der Waals surface area (Å²) in [6.07, 6.45) is 3.39. The third kappa shape index (κ3) is 2.60. The highest BCUT2D eigenvalue weighted by Gasteiger charge is 2.17. The van der Waals surface area contributed by atoms with Gasteiger partial charge in [-0.15, -0.1) is 0 Å². The van der Waals surface area contributed by atoms with E-state index in [-0.39, 0.29) is 27.8 Å². The predicted octanol–water partition coefficient (Wildman–Crippen LogP) is 2.17. The highest BCUT2D eigenvalue weighted by molar-refractivity contribution is 5.86. The van der Waals surface area contributed by atoms with E-state index >= 15 is 0 Å². The molecule has 8 nitrogen and oxygen atoms in total. The number of nitrogens with zero attached hydrogens (tertiary/aromatic N) is 4. The van der Waals surface area contributed by atoms with Gasteiger partial charge in [0.1, 0.15) is 22.8 Å². The lowest BCUT2D eigenvalue weighted by Gasteiger charge is -2.10. The predicted molar refractivity (Wildman–Crippen MR) is 103 cm³/mol. The van der Waals surface area contributed by atoms with E-state index < -0.39 is 5.43 Å². The van der Waals surface area contributed by atoms with E-state index in [4.69, 9.17) is 0 Å². The molecule has 3 aromatic heterocycles. The lowest BCUT2D eigenvalue weighted by molar-refractivity contribution is 0.827. The summed E-state index contributed by atoms with van der Waals surface area (Å²) in [5, 5.41) is 13.0. The van der Waals surface area contributed by atoms with Crippen molar-refractivity contribution in [3.8, 4) is 6.07 Å². The molecule has 0 aliphatic carbocycles. The van der Waals surface area contributed by atoms with Crippen molar-refractivity contribution in [2.24, 2.45) is 0 Å². The van der Waals surface area contributed by atoms with Crippen LogP contribution >= 0.6 is 0 Å². The van der Waals surface area contributed by atoms with Crippen LogP contribution in [0.2, 0.25) is 0 Å². The van der Waals surface area contributed by atoms with E-state index in [1.807, 2.05) is 6.07 Å². The number of unbranched alkanes of at least 4 members (excludes halogenated alkanes) is 1. The number of para-hydroxylation sites is 1. The molecule has 0 aliphatic rings. The lowest BCUT2D eigenvalue weighted by Crippen LogP contribution is -2.23. The number of rotatable bonds is 4. The van der Waals surface area contributed by atoms with Crippen molar-refractivity contribution >= 4 is 33.5 Å². The number of fused-ring (bicyclic) bond motifs is 4. The molecule has 0 unspecified atom stereocenters. The maximum absolute atomic E-state index is 13.0. The van der Waals surface area contributed by atoms with Crippen LogP contribution in [0.3, 0.4) is 0 Å². The van der Waals surface area contributed by atoms with Crippen molar-refractivity contribution in [2.45, 2.75) is 19.8 Å². The number of hydrogen-bond donors (Lipinski definition) is 2. The van der Waals surface area contributed by atoms with Crippen LogP contribution < -0.4 is 16.3 Å². The third-order valence-corrected chi connectivity index (χ3v) is 4.45. The van der Waals surface area contributed by atoms with Crippen LogP contribution in [0.15, 0.2) is 40.1 Å². The van der Waals surface area contributed by atoms with Gasteiger partial charge in [-0.25, -0.2) is 9.97 Å². The number of aromatic nitrogens is 4. The second-order valence-electron chi connectivity index (χ2n) is 6.18. The van der Waals surface area contributed by atoms with Gasteiger partial charge in [0.25, 0.3) is 5.56 Å². The van der Waals surface area contributed by atoms with Crippen molar-refractivity contribution in [2.75, 3.05) is 11.9 Å². The fourth-order valence-corrected chi connectivity index (χ4v) is 3.09. The Morgan fingerprint density at radius 3 is 2.89 bits per heavy atom. The molecule has 0 bridgehead atoms. The zero-order chi connectivity index (χ0) is 19.0. The second-order valence-corrected chi connectivity index (χ2v) is 6.18. The van der Waals surface area contributed by atoms with E-state index in [2.05, 4.69) is 27.2 Å². The number of nitriles is 1. The molecule has 3 heterocycles. The maximum Gasteiger partial charge on any atom is 0.266 e. The molecule has 1 aromatic carbocycles. The molecular formula is C19H16N6O2. The van der Waals surface area contributed by atoms with Crippen molar-refractivity contribution in [3.63, 3.8) is 0 Å². The Morgan fingerprint density at radius 1 is 1.30 bits per heavy atom. The van der Waals surface area contributed by atoms with Crippen LogP contribution in [0.25, 0.3) is 27.6 Å². The van der Waals surface area contributed by atoms with Gasteiger partial charge in [0.15, 0.2) is 0 Å². The van der Waals surface area contributed by atoms with Crippen molar-refractivity contribution in [1.29, 1.82) is 5.26 Å². The summed E-state index contributed by atoms with van der Waals surface area (Å²) >= 11 is 0. The Hall–Kier alpha value is -3.73. The molecule has 0 saturated heterocycles. The first-order chi connectivity index (χ1) is 13.2. The molecule has 27 heavy (non-hydrogen) atoms. The molecule has 0 radical (unpaired) electrons. The van der Waals surface area contributed by atoms with Crippen LogP contribution in [-0.4, -0.2) is 25.9 Å². The first kappa shape index (κ1) is 16.7. The first-order valence-electron chi connectivity index (χ1n) is 8.66. The number of pyridine rings is 1. The molecular weight excluding hydrogens is 344 g/mol. The Labute approximate surface area is 153 Å². The number of nitrogens with one attached hydrogen (secondary N) is 2. The summed E-state index contributed by atoms with van der Waals surface area (Å²) < 4.78 is 1.30. The van der Waals surface area contributed by atoms with Crippen LogP contribution in [0, 0.1) is 11.3 Å². The molecule has 2 N–H and O–H groups in total. The molecule has 4 aromatic rings. The zero-order valence-corrected chi connectivity index (χ0v) is 14.6. The normalized spacial score (nSPS) is 11.1. The van der Waals surface area contributed by atoms with E-state index in [9.17, 15) is 14.9 Å². The summed E-state index contributed by atoms with van der Waals surface area (Å²) in [6.45, 7) is 2.74. The SMILES string of the molecule is CCCCNc1ncc2c(n1)c(=O)c(C#N)c1[nH]c3ccccc3c(=O)n12. The van der Waals surface area contributed by atoms with Crippen molar-refractivity contribution < 1.29 is 0 Å². The second kappa shape index (κ2) is 6.53. The molecule has 0 aliphatic heterocycles. The minimum atomic E-state index is -0.528. The fourth-order valence-electron chi connectivity index (χ4n) is 3.09. The topological polar surface area (TPSA) is 116 Å². The number of anilines is 1. The highest BCUT2D eigenvalue weighted by Crippen LogP contribution is 2.16. The Morgan fingerprint density at radius 2 is 2.11 bits per heavy atom. The van der Waals surface area contributed by atoms with Crippen molar-refractivity contribution in [1.82, 2.24) is 19.4 Å². The van der Waals surface area contributed by atoms with Crippen LogP contribution in [0.5, 0.6) is 0 Å². The monoisotopic (exact) mass is 360 g/mol. The summed E-state index contributed by atoms with van der Waals surface area (Å²) in [6, 6.07) is 8.85. The van der Waals surface area contributed by atoms with Crippen LogP contribution in [0.4, 0.5) is 5.95 Å². The number of aromatic amines is 1. The smallest absolute Gasteiger partial charge is 0.266 e. The Kier molecular flexibility index (Phi) is 4.05. The highest BCUT2D eigenvalue weighted by atomic mass is 16.1. The third-order valence-electron chi connectivity index (χ3n) is 4.45. The van der Waals surface area contributed by atoms with Crippen LogP contribution in [0.1, 0.15) is 25.3 Å². The first-order valence-corrected chi connectivity index (χ1v) is 8.66. The van der Waals surface area contributed by atoms with E-state index in [1.54, 1.807) is 24.3 Å². The van der Waals surface area contributed by atoms with Gasteiger partial charge in [-0.05, 0) is 18.6 Å². The number of benzene rings is 1. The summed E-state index contributed by atoms with van der Waals surface area (Å²) in [5.74, 6) is 0.300.